The molecule has 2 aliphatic rings. The third-order valence-electron chi connectivity index (χ3n) is 6.02. The predicted octanol–water partition coefficient (Wildman–Crippen LogP) is 3.84. The molecule has 1 saturated carbocycles. The highest BCUT2D eigenvalue weighted by Crippen LogP contribution is 2.56. The van der Waals surface area contributed by atoms with Gasteiger partial charge in [-0.05, 0) is 82.4 Å². The van der Waals surface area contributed by atoms with Crippen LogP contribution in [0.15, 0.2) is 18.2 Å². The van der Waals surface area contributed by atoms with Crippen molar-refractivity contribution in [3.63, 3.8) is 0 Å². The second-order valence-electron chi connectivity index (χ2n) is 7.73. The molecule has 0 spiro atoms. The predicted molar refractivity (Wildman–Crippen MR) is 92.5 cm³/mol. The van der Waals surface area contributed by atoms with Crippen molar-refractivity contribution < 1.29 is 13.9 Å². The Morgan fingerprint density at radius 3 is 2.71 bits per heavy atom. The second kappa shape index (κ2) is 6.47. The number of carbonyl (C=O) groups is 1. The van der Waals surface area contributed by atoms with Crippen LogP contribution < -0.4 is 0 Å². The third-order valence-corrected chi connectivity index (χ3v) is 6.02. The molecule has 0 saturated heterocycles. The van der Waals surface area contributed by atoms with Gasteiger partial charge in [0.1, 0.15) is 11.4 Å². The molecule has 2 atom stereocenters. The molecule has 4 heteroatoms. The quantitative estimate of drug-likeness (QED) is 0.784. The summed E-state index contributed by atoms with van der Waals surface area (Å²) in [4.78, 5) is 14.1. The monoisotopic (exact) mass is 333 g/mol. The van der Waals surface area contributed by atoms with E-state index in [2.05, 4.69) is 19.0 Å². The number of hydrogen-bond donors (Lipinski definition) is 0. The highest BCUT2D eigenvalue weighted by atomic mass is 19.1. The van der Waals surface area contributed by atoms with Crippen LogP contribution in [0.1, 0.15) is 56.6 Å². The van der Waals surface area contributed by atoms with Gasteiger partial charge in [-0.2, -0.15) is 0 Å². The molecule has 132 valence electrons. The lowest BCUT2D eigenvalue weighted by Crippen LogP contribution is -2.59. The summed E-state index contributed by atoms with van der Waals surface area (Å²) in [7, 11) is 4.12. The molecule has 0 amide bonds. The summed E-state index contributed by atoms with van der Waals surface area (Å²) in [6.45, 7) is 2.40. The number of nitrogens with zero attached hydrogens (tertiary/aromatic N) is 1. The van der Waals surface area contributed by atoms with Crippen LogP contribution in [0.5, 0.6) is 0 Å². The molecule has 1 fully saturated rings. The lowest BCUT2D eigenvalue weighted by atomic mass is 9.53. The number of rotatable bonds is 4. The van der Waals surface area contributed by atoms with Crippen LogP contribution in [0, 0.1) is 5.82 Å². The van der Waals surface area contributed by atoms with Gasteiger partial charge in [-0.25, -0.2) is 4.39 Å². The van der Waals surface area contributed by atoms with E-state index in [9.17, 15) is 9.18 Å². The summed E-state index contributed by atoms with van der Waals surface area (Å²) in [5.74, 6) is -0.409. The molecule has 24 heavy (non-hydrogen) atoms. The van der Waals surface area contributed by atoms with Crippen molar-refractivity contribution >= 4 is 5.97 Å². The maximum absolute atomic E-state index is 14.1. The van der Waals surface area contributed by atoms with Crippen LogP contribution in [0.2, 0.25) is 0 Å². The minimum atomic E-state index is -0.478. The largest absolute Gasteiger partial charge is 0.458 e. The van der Waals surface area contributed by atoms with Crippen LogP contribution in [0.4, 0.5) is 4.39 Å². The topological polar surface area (TPSA) is 29.5 Å². The Balaban J connectivity index is 2.14. The molecule has 0 bridgehead atoms. The molecule has 0 radical (unpaired) electrons. The molecular formula is C20H28FNO2. The zero-order valence-electron chi connectivity index (χ0n) is 15.0. The van der Waals surface area contributed by atoms with Gasteiger partial charge in [0.05, 0.1) is 0 Å². The van der Waals surface area contributed by atoms with Gasteiger partial charge in [-0.1, -0.05) is 12.5 Å². The van der Waals surface area contributed by atoms with E-state index in [0.717, 1.165) is 57.1 Å². The number of hydrogen-bond acceptors (Lipinski definition) is 3. The van der Waals surface area contributed by atoms with Crippen molar-refractivity contribution in [2.24, 2.45) is 0 Å². The molecule has 0 aliphatic heterocycles. The van der Waals surface area contributed by atoms with Crippen LogP contribution in [-0.2, 0) is 21.4 Å². The Morgan fingerprint density at radius 2 is 2.00 bits per heavy atom. The molecule has 3 rings (SSSR count). The number of halogens is 1. The Hall–Kier alpha value is -1.42. The number of carbonyl (C=O) groups excluding carboxylic acids is 1. The number of benzene rings is 1. The molecule has 0 N–H and O–H groups in total. The SMILES string of the molecule is CC(=O)O[C@@]12CCCC[C@]1(CCN(C)C)c1cc(F)ccc1CC2. The first-order chi connectivity index (χ1) is 11.4. The Kier molecular flexibility index (Phi) is 4.69. The van der Waals surface area contributed by atoms with E-state index in [1.807, 2.05) is 6.07 Å². The van der Waals surface area contributed by atoms with Gasteiger partial charge in [0.2, 0.25) is 0 Å². The number of ether oxygens (including phenoxy) is 1. The smallest absolute Gasteiger partial charge is 0.303 e. The molecule has 0 aromatic heterocycles. The van der Waals surface area contributed by atoms with E-state index in [0.29, 0.717) is 0 Å². The van der Waals surface area contributed by atoms with Gasteiger partial charge in [-0.3, -0.25) is 4.79 Å². The maximum atomic E-state index is 14.1. The molecule has 1 aromatic rings. The second-order valence-corrected chi connectivity index (χ2v) is 7.73. The van der Waals surface area contributed by atoms with Crippen molar-refractivity contribution in [2.45, 2.75) is 62.9 Å². The number of esters is 1. The third kappa shape index (κ3) is 2.85. The fourth-order valence-corrected chi connectivity index (χ4v) is 4.97. The van der Waals surface area contributed by atoms with Crippen LogP contribution in [0.25, 0.3) is 0 Å². The molecule has 1 aromatic carbocycles. The van der Waals surface area contributed by atoms with E-state index < -0.39 is 5.60 Å². The minimum absolute atomic E-state index is 0.192. The summed E-state index contributed by atoms with van der Waals surface area (Å²) >= 11 is 0. The zero-order chi connectivity index (χ0) is 17.4. The lowest BCUT2D eigenvalue weighted by molar-refractivity contribution is -0.177. The standard InChI is InChI=1S/C20H28FNO2/c1-15(23)24-20-10-5-4-9-19(20,12-13-22(2)3)18-14-17(21)7-6-16(18)8-11-20/h6-7,14H,4-5,8-13H2,1-3H3/t19-,20+/m0/s1. The van der Waals surface area contributed by atoms with E-state index in [-0.39, 0.29) is 17.2 Å². The Labute approximate surface area is 144 Å². The van der Waals surface area contributed by atoms with Crippen molar-refractivity contribution in [1.82, 2.24) is 4.90 Å². The van der Waals surface area contributed by atoms with Crippen molar-refractivity contribution in [3.8, 4) is 0 Å². The van der Waals surface area contributed by atoms with Gasteiger partial charge in [-0.15, -0.1) is 0 Å². The zero-order valence-corrected chi connectivity index (χ0v) is 15.0. The fraction of sp³-hybridized carbons (Fsp3) is 0.650. The Morgan fingerprint density at radius 1 is 1.25 bits per heavy atom. The first kappa shape index (κ1) is 17.4. The minimum Gasteiger partial charge on any atom is -0.458 e. The van der Waals surface area contributed by atoms with Crippen molar-refractivity contribution in [1.29, 1.82) is 0 Å². The molecule has 2 aliphatic carbocycles. The average Bonchev–Trinajstić information content (AvgIpc) is 2.52. The van der Waals surface area contributed by atoms with E-state index in [4.69, 9.17) is 4.74 Å². The Bertz CT molecular complexity index is 630. The van der Waals surface area contributed by atoms with Crippen LogP contribution in [0.3, 0.4) is 0 Å². The summed E-state index contributed by atoms with van der Waals surface area (Å²) in [6, 6.07) is 5.18. The van der Waals surface area contributed by atoms with Gasteiger partial charge in [0, 0.05) is 12.3 Å². The number of fused-ring (bicyclic) bond motifs is 3. The van der Waals surface area contributed by atoms with Crippen LogP contribution >= 0.6 is 0 Å². The van der Waals surface area contributed by atoms with Gasteiger partial charge >= 0.3 is 5.97 Å². The maximum Gasteiger partial charge on any atom is 0.303 e. The highest BCUT2D eigenvalue weighted by molar-refractivity contribution is 5.67. The summed E-state index contributed by atoms with van der Waals surface area (Å²) in [5, 5.41) is 0. The summed E-state index contributed by atoms with van der Waals surface area (Å²) in [6.07, 6.45) is 6.61. The van der Waals surface area contributed by atoms with Crippen molar-refractivity contribution in [3.05, 3.63) is 35.1 Å². The molecule has 3 nitrogen and oxygen atoms in total. The van der Waals surface area contributed by atoms with Gasteiger partial charge < -0.3 is 9.64 Å². The molecule has 0 heterocycles. The van der Waals surface area contributed by atoms with Gasteiger partial charge in [0.25, 0.3) is 0 Å². The first-order valence-electron chi connectivity index (χ1n) is 9.02. The van der Waals surface area contributed by atoms with E-state index >= 15 is 0 Å². The fourth-order valence-electron chi connectivity index (χ4n) is 4.97. The molecular weight excluding hydrogens is 305 g/mol. The van der Waals surface area contributed by atoms with Crippen molar-refractivity contribution in [2.75, 3.05) is 20.6 Å². The first-order valence-corrected chi connectivity index (χ1v) is 9.02. The molecule has 0 unspecified atom stereocenters. The summed E-state index contributed by atoms with van der Waals surface area (Å²) in [5.41, 5.74) is 1.56. The van der Waals surface area contributed by atoms with Gasteiger partial charge in [0.15, 0.2) is 0 Å². The average molecular weight is 333 g/mol. The highest BCUT2D eigenvalue weighted by Gasteiger charge is 2.58. The number of aryl methyl sites for hydroxylation is 1. The normalized spacial score (nSPS) is 29.0. The van der Waals surface area contributed by atoms with Crippen LogP contribution in [-0.4, -0.2) is 37.1 Å². The van der Waals surface area contributed by atoms with E-state index in [1.54, 1.807) is 12.1 Å². The summed E-state index contributed by atoms with van der Waals surface area (Å²) < 4.78 is 20.1. The van der Waals surface area contributed by atoms with E-state index in [1.165, 1.54) is 12.5 Å². The lowest BCUT2D eigenvalue weighted by Gasteiger charge is -2.56.